The molecule has 1 unspecified atom stereocenters. The Morgan fingerprint density at radius 1 is 1.14 bits per heavy atom. The summed E-state index contributed by atoms with van der Waals surface area (Å²) in [6.07, 6.45) is 1.61. The van der Waals surface area contributed by atoms with Gasteiger partial charge in [0.2, 0.25) is 5.75 Å². The Hall–Kier alpha value is -3.29. The van der Waals surface area contributed by atoms with E-state index in [1.807, 2.05) is 0 Å². The van der Waals surface area contributed by atoms with Crippen LogP contribution in [0.25, 0.3) is 11.0 Å². The molecule has 152 valence electrons. The number of nitrogens with zero attached hydrogens (tertiary/aromatic N) is 2. The number of ether oxygens (including phenoxy) is 3. The van der Waals surface area contributed by atoms with Crippen LogP contribution in [0.1, 0.15) is 35.1 Å². The number of carbonyl (C=O) groups is 1. The molecule has 8 heteroatoms. The fourth-order valence-electron chi connectivity index (χ4n) is 3.88. The van der Waals surface area contributed by atoms with E-state index in [1.54, 1.807) is 23.1 Å². The Bertz CT molecular complexity index is 1070. The van der Waals surface area contributed by atoms with Gasteiger partial charge in [0.1, 0.15) is 11.6 Å². The smallest absolute Gasteiger partial charge is 0.258 e. The van der Waals surface area contributed by atoms with Gasteiger partial charge >= 0.3 is 0 Å². The fraction of sp³-hybridized carbons (Fsp3) is 0.333. The van der Waals surface area contributed by atoms with Crippen molar-refractivity contribution in [2.75, 3.05) is 27.9 Å². The van der Waals surface area contributed by atoms with Crippen molar-refractivity contribution in [2.45, 2.75) is 18.9 Å². The van der Waals surface area contributed by atoms with E-state index in [-0.39, 0.29) is 17.8 Å². The zero-order valence-electron chi connectivity index (χ0n) is 16.5. The van der Waals surface area contributed by atoms with Gasteiger partial charge in [-0.3, -0.25) is 4.79 Å². The minimum atomic E-state index is -0.331. The highest BCUT2D eigenvalue weighted by Crippen LogP contribution is 2.42. The molecule has 0 saturated carbocycles. The third-order valence-corrected chi connectivity index (χ3v) is 5.23. The molecular formula is C21H22FN3O4. The summed E-state index contributed by atoms with van der Waals surface area (Å²) in [5.41, 5.74) is 1.67. The van der Waals surface area contributed by atoms with Crippen molar-refractivity contribution in [3.63, 3.8) is 0 Å². The molecule has 0 bridgehead atoms. The van der Waals surface area contributed by atoms with Crippen molar-refractivity contribution < 1.29 is 23.4 Å². The summed E-state index contributed by atoms with van der Waals surface area (Å²) >= 11 is 0. The average Bonchev–Trinajstić information content (AvgIpc) is 3.38. The highest BCUT2D eigenvalue weighted by molar-refractivity contribution is 5.98. The van der Waals surface area contributed by atoms with Crippen LogP contribution in [-0.4, -0.2) is 48.6 Å². The van der Waals surface area contributed by atoms with Crippen LogP contribution in [-0.2, 0) is 0 Å². The zero-order valence-corrected chi connectivity index (χ0v) is 16.5. The molecule has 3 aromatic rings. The lowest BCUT2D eigenvalue weighted by Crippen LogP contribution is -2.31. The van der Waals surface area contributed by atoms with Crippen LogP contribution in [0.2, 0.25) is 0 Å². The van der Waals surface area contributed by atoms with Gasteiger partial charge in [0.15, 0.2) is 11.5 Å². The molecule has 1 atom stereocenters. The number of benzene rings is 2. The first-order chi connectivity index (χ1) is 14.1. The lowest BCUT2D eigenvalue weighted by Gasteiger charge is -2.25. The van der Waals surface area contributed by atoms with Gasteiger partial charge in [-0.15, -0.1) is 0 Å². The molecule has 0 aliphatic carbocycles. The molecule has 2 aromatic carbocycles. The molecule has 1 aromatic heterocycles. The van der Waals surface area contributed by atoms with E-state index < -0.39 is 0 Å². The number of fused-ring (bicyclic) bond motifs is 1. The summed E-state index contributed by atoms with van der Waals surface area (Å²) < 4.78 is 29.7. The summed E-state index contributed by atoms with van der Waals surface area (Å²) in [7, 11) is 4.52. The number of carbonyl (C=O) groups excluding carboxylic acids is 1. The van der Waals surface area contributed by atoms with Gasteiger partial charge in [-0.2, -0.15) is 0 Å². The molecule has 2 heterocycles. The predicted molar refractivity (Wildman–Crippen MR) is 105 cm³/mol. The molecule has 1 N–H and O–H groups in total. The van der Waals surface area contributed by atoms with Gasteiger partial charge in [0, 0.05) is 6.54 Å². The van der Waals surface area contributed by atoms with Crippen LogP contribution in [0.3, 0.4) is 0 Å². The second kappa shape index (κ2) is 7.62. The highest BCUT2D eigenvalue weighted by Gasteiger charge is 2.35. The number of hydrogen-bond acceptors (Lipinski definition) is 5. The fourth-order valence-corrected chi connectivity index (χ4v) is 3.88. The maximum Gasteiger partial charge on any atom is 0.258 e. The zero-order chi connectivity index (χ0) is 20.5. The van der Waals surface area contributed by atoms with E-state index in [2.05, 4.69) is 9.97 Å². The van der Waals surface area contributed by atoms with Crippen molar-refractivity contribution >= 4 is 16.9 Å². The van der Waals surface area contributed by atoms with E-state index in [0.29, 0.717) is 46.2 Å². The number of H-pyrrole nitrogens is 1. The quantitative estimate of drug-likeness (QED) is 0.708. The van der Waals surface area contributed by atoms with Gasteiger partial charge in [-0.05, 0) is 43.2 Å². The van der Waals surface area contributed by atoms with Crippen LogP contribution >= 0.6 is 0 Å². The first kappa shape index (κ1) is 19.0. The maximum absolute atomic E-state index is 13.5. The Kier molecular flexibility index (Phi) is 5.00. The molecule has 1 saturated heterocycles. The predicted octanol–water partition coefficient (Wildman–Crippen LogP) is 3.71. The number of nitrogens with one attached hydrogen (secondary N) is 1. The molecule has 1 fully saturated rings. The lowest BCUT2D eigenvalue weighted by molar-refractivity contribution is 0.0726. The van der Waals surface area contributed by atoms with Crippen LogP contribution in [0.4, 0.5) is 4.39 Å². The Morgan fingerprint density at radius 2 is 1.93 bits per heavy atom. The Balaban J connectivity index is 1.71. The van der Waals surface area contributed by atoms with Gasteiger partial charge in [0.05, 0.1) is 44.0 Å². The van der Waals surface area contributed by atoms with E-state index in [4.69, 9.17) is 14.2 Å². The first-order valence-electron chi connectivity index (χ1n) is 9.32. The van der Waals surface area contributed by atoms with Crippen molar-refractivity contribution in [2.24, 2.45) is 0 Å². The molecule has 1 amide bonds. The summed E-state index contributed by atoms with van der Waals surface area (Å²) in [6, 6.07) is 7.54. The van der Waals surface area contributed by atoms with Crippen molar-refractivity contribution in [1.82, 2.24) is 14.9 Å². The minimum Gasteiger partial charge on any atom is -0.493 e. The maximum atomic E-state index is 13.5. The number of amides is 1. The largest absolute Gasteiger partial charge is 0.493 e. The lowest BCUT2D eigenvalue weighted by atomic mass is 10.1. The monoisotopic (exact) mass is 399 g/mol. The molecule has 0 radical (unpaired) electrons. The molecule has 1 aliphatic heterocycles. The van der Waals surface area contributed by atoms with Crippen molar-refractivity contribution in [3.05, 3.63) is 47.5 Å². The Morgan fingerprint density at radius 3 is 2.66 bits per heavy atom. The van der Waals surface area contributed by atoms with Gasteiger partial charge in [-0.1, -0.05) is 0 Å². The second-order valence-electron chi connectivity index (χ2n) is 6.82. The van der Waals surface area contributed by atoms with Crippen LogP contribution in [0.15, 0.2) is 30.3 Å². The molecule has 7 nitrogen and oxygen atoms in total. The number of methoxy groups -OCH3 is 3. The Labute approximate surface area is 167 Å². The topological polar surface area (TPSA) is 76.7 Å². The van der Waals surface area contributed by atoms with Crippen molar-refractivity contribution in [3.8, 4) is 17.2 Å². The van der Waals surface area contributed by atoms with Crippen molar-refractivity contribution in [1.29, 1.82) is 0 Å². The number of aromatic nitrogens is 2. The number of halogens is 1. The summed E-state index contributed by atoms with van der Waals surface area (Å²) in [6.45, 7) is 0.590. The summed E-state index contributed by atoms with van der Waals surface area (Å²) in [4.78, 5) is 22.9. The molecule has 4 rings (SSSR count). The third-order valence-electron chi connectivity index (χ3n) is 5.23. The van der Waals surface area contributed by atoms with E-state index >= 15 is 0 Å². The second-order valence-corrected chi connectivity index (χ2v) is 6.82. The summed E-state index contributed by atoms with van der Waals surface area (Å²) in [5.74, 6) is 1.32. The number of hydrogen-bond donors (Lipinski definition) is 1. The third kappa shape index (κ3) is 3.24. The van der Waals surface area contributed by atoms with Crippen LogP contribution in [0, 0.1) is 5.82 Å². The first-order valence-corrected chi connectivity index (χ1v) is 9.32. The van der Waals surface area contributed by atoms with Crippen LogP contribution < -0.4 is 14.2 Å². The van der Waals surface area contributed by atoms with Gasteiger partial charge in [0.25, 0.3) is 5.91 Å². The van der Waals surface area contributed by atoms with E-state index in [1.165, 1.54) is 33.5 Å². The highest BCUT2D eigenvalue weighted by atomic mass is 19.1. The van der Waals surface area contributed by atoms with Gasteiger partial charge < -0.3 is 24.1 Å². The van der Waals surface area contributed by atoms with Crippen LogP contribution in [0.5, 0.6) is 17.2 Å². The average molecular weight is 399 g/mol. The standard InChI is InChI=1S/C21H22FN3O4/c1-27-17-9-7-13(18(28-2)19(17)29-3)21(26)25-10-4-5-16(25)20-23-14-8-6-12(22)11-15(14)24-20/h6-9,11,16H,4-5,10H2,1-3H3,(H,23,24). The number of aromatic amines is 1. The molecular weight excluding hydrogens is 377 g/mol. The van der Waals surface area contributed by atoms with Gasteiger partial charge in [-0.25, -0.2) is 9.37 Å². The molecule has 0 spiro atoms. The minimum absolute atomic E-state index is 0.183. The number of imidazole rings is 1. The number of rotatable bonds is 5. The molecule has 29 heavy (non-hydrogen) atoms. The van der Waals surface area contributed by atoms with E-state index in [0.717, 1.165) is 12.8 Å². The normalized spacial score (nSPS) is 16.3. The summed E-state index contributed by atoms with van der Waals surface area (Å²) in [5, 5.41) is 0. The number of likely N-dealkylation sites (tertiary alicyclic amines) is 1. The SMILES string of the molecule is COc1ccc(C(=O)N2CCCC2c2nc3ccc(F)cc3[nH]2)c(OC)c1OC. The van der Waals surface area contributed by atoms with E-state index in [9.17, 15) is 9.18 Å². The molecule has 1 aliphatic rings.